The number of aryl methyl sites for hydroxylation is 2. The molecular weight excluding hydrogens is 296 g/mol. The van der Waals surface area contributed by atoms with Crippen LogP contribution >= 0.6 is 11.6 Å². The van der Waals surface area contributed by atoms with Crippen LogP contribution in [0.2, 0.25) is 5.02 Å². The Labute approximate surface area is 136 Å². The van der Waals surface area contributed by atoms with Gasteiger partial charge in [-0.1, -0.05) is 36.6 Å². The first-order valence-electron chi connectivity index (χ1n) is 7.70. The smallest absolute Gasteiger partial charge is 0.150 e. The Balaban J connectivity index is 1.66. The molecule has 0 aromatic heterocycles. The molecule has 0 atom stereocenters. The molecule has 2 rings (SSSR count). The van der Waals surface area contributed by atoms with Gasteiger partial charge in [0.15, 0.2) is 0 Å². The second-order valence-electron chi connectivity index (χ2n) is 5.59. The second-order valence-corrected chi connectivity index (χ2v) is 6.03. The van der Waals surface area contributed by atoms with Crippen molar-refractivity contribution >= 4 is 17.9 Å². The zero-order chi connectivity index (χ0) is 15.8. The zero-order valence-electron chi connectivity index (χ0n) is 12.6. The van der Waals surface area contributed by atoms with Gasteiger partial charge in [-0.15, -0.1) is 0 Å². The standard InChI is InChI=1S/C19H21ClO2/c20-18-9-7-15(8-10-18)5-3-1-2-4-6-16-11-17(14-21)13-19(22)12-16/h7-14,22H,1-6H2. The van der Waals surface area contributed by atoms with Gasteiger partial charge in [0.1, 0.15) is 12.0 Å². The van der Waals surface area contributed by atoms with Gasteiger partial charge in [-0.2, -0.15) is 0 Å². The van der Waals surface area contributed by atoms with Crippen LogP contribution in [0.25, 0.3) is 0 Å². The maximum absolute atomic E-state index is 10.8. The van der Waals surface area contributed by atoms with E-state index in [9.17, 15) is 9.90 Å². The van der Waals surface area contributed by atoms with Gasteiger partial charge in [0.05, 0.1) is 0 Å². The topological polar surface area (TPSA) is 37.3 Å². The van der Waals surface area contributed by atoms with E-state index in [1.807, 2.05) is 18.2 Å². The number of phenols is 1. The van der Waals surface area contributed by atoms with Crippen molar-refractivity contribution in [3.63, 3.8) is 0 Å². The first-order chi connectivity index (χ1) is 10.7. The minimum absolute atomic E-state index is 0.169. The molecule has 0 amide bonds. The van der Waals surface area contributed by atoms with E-state index in [0.717, 1.165) is 42.6 Å². The Hall–Kier alpha value is -1.80. The third-order valence-electron chi connectivity index (χ3n) is 3.73. The average Bonchev–Trinajstić information content (AvgIpc) is 2.52. The molecule has 0 saturated heterocycles. The highest BCUT2D eigenvalue weighted by atomic mass is 35.5. The van der Waals surface area contributed by atoms with Gasteiger partial charge >= 0.3 is 0 Å². The molecule has 22 heavy (non-hydrogen) atoms. The molecule has 0 fully saturated rings. The normalized spacial score (nSPS) is 10.6. The summed E-state index contributed by atoms with van der Waals surface area (Å²) in [7, 11) is 0. The van der Waals surface area contributed by atoms with Crippen LogP contribution in [-0.4, -0.2) is 11.4 Å². The minimum atomic E-state index is 0.169. The van der Waals surface area contributed by atoms with Crippen LogP contribution in [0.4, 0.5) is 0 Å². The Bertz CT molecular complexity index is 605. The summed E-state index contributed by atoms with van der Waals surface area (Å²) in [6.07, 6.45) is 7.33. The Morgan fingerprint density at radius 2 is 1.50 bits per heavy atom. The monoisotopic (exact) mass is 316 g/mol. The third kappa shape index (κ3) is 5.53. The summed E-state index contributed by atoms with van der Waals surface area (Å²) in [5.41, 5.74) is 2.89. The van der Waals surface area contributed by atoms with Gasteiger partial charge in [-0.05, 0) is 67.1 Å². The van der Waals surface area contributed by atoms with Crippen molar-refractivity contribution in [2.24, 2.45) is 0 Å². The minimum Gasteiger partial charge on any atom is -0.508 e. The fraction of sp³-hybridized carbons (Fsp3) is 0.316. The van der Waals surface area contributed by atoms with E-state index < -0.39 is 0 Å². The number of carbonyl (C=O) groups is 1. The molecule has 0 aliphatic carbocycles. The Morgan fingerprint density at radius 3 is 2.14 bits per heavy atom. The number of benzene rings is 2. The highest BCUT2D eigenvalue weighted by Crippen LogP contribution is 2.17. The first kappa shape index (κ1) is 16.6. The molecule has 2 aromatic rings. The van der Waals surface area contributed by atoms with Crippen LogP contribution in [0, 0.1) is 0 Å². The lowest BCUT2D eigenvalue weighted by Crippen LogP contribution is -1.90. The van der Waals surface area contributed by atoms with Gasteiger partial charge in [0.25, 0.3) is 0 Å². The molecule has 0 aliphatic heterocycles. The van der Waals surface area contributed by atoms with E-state index in [4.69, 9.17) is 11.6 Å². The summed E-state index contributed by atoms with van der Waals surface area (Å²) in [5.74, 6) is 0.169. The Morgan fingerprint density at radius 1 is 0.864 bits per heavy atom. The SMILES string of the molecule is O=Cc1cc(O)cc(CCCCCCc2ccc(Cl)cc2)c1. The number of hydrogen-bond donors (Lipinski definition) is 1. The molecule has 1 N–H and O–H groups in total. The van der Waals surface area contributed by atoms with Crippen molar-refractivity contribution in [3.05, 3.63) is 64.2 Å². The van der Waals surface area contributed by atoms with E-state index in [-0.39, 0.29) is 5.75 Å². The molecule has 0 saturated carbocycles. The number of unbranched alkanes of at least 4 members (excludes halogenated alkanes) is 3. The van der Waals surface area contributed by atoms with E-state index in [1.165, 1.54) is 24.5 Å². The van der Waals surface area contributed by atoms with Crippen molar-refractivity contribution < 1.29 is 9.90 Å². The van der Waals surface area contributed by atoms with Crippen LogP contribution < -0.4 is 0 Å². The van der Waals surface area contributed by atoms with Crippen molar-refractivity contribution in [2.45, 2.75) is 38.5 Å². The quantitative estimate of drug-likeness (QED) is 0.536. The predicted molar refractivity (Wildman–Crippen MR) is 90.8 cm³/mol. The lowest BCUT2D eigenvalue weighted by atomic mass is 10.0. The molecule has 0 aliphatic rings. The van der Waals surface area contributed by atoms with Crippen LogP contribution in [0.5, 0.6) is 5.75 Å². The third-order valence-corrected chi connectivity index (χ3v) is 3.98. The van der Waals surface area contributed by atoms with Crippen LogP contribution in [0.3, 0.4) is 0 Å². The molecule has 2 nitrogen and oxygen atoms in total. The van der Waals surface area contributed by atoms with Crippen LogP contribution in [0.1, 0.15) is 47.2 Å². The number of carbonyl (C=O) groups excluding carboxylic acids is 1. The molecule has 0 unspecified atom stereocenters. The molecule has 0 bridgehead atoms. The second kappa shape index (κ2) is 8.60. The van der Waals surface area contributed by atoms with Gasteiger partial charge < -0.3 is 5.11 Å². The van der Waals surface area contributed by atoms with Crippen LogP contribution in [0.15, 0.2) is 42.5 Å². The maximum Gasteiger partial charge on any atom is 0.150 e. The van der Waals surface area contributed by atoms with Crippen molar-refractivity contribution in [3.8, 4) is 5.75 Å². The van der Waals surface area contributed by atoms with Crippen LogP contribution in [-0.2, 0) is 12.8 Å². The summed E-state index contributed by atoms with van der Waals surface area (Å²) in [6.45, 7) is 0. The van der Waals surface area contributed by atoms with E-state index in [0.29, 0.717) is 5.56 Å². The molecular formula is C19H21ClO2. The summed E-state index contributed by atoms with van der Waals surface area (Å²) < 4.78 is 0. The van der Waals surface area contributed by atoms with Gasteiger partial charge in [-0.3, -0.25) is 4.79 Å². The largest absolute Gasteiger partial charge is 0.508 e. The van der Waals surface area contributed by atoms with Crippen molar-refractivity contribution in [1.29, 1.82) is 0 Å². The molecule has 0 spiro atoms. The highest BCUT2D eigenvalue weighted by molar-refractivity contribution is 6.30. The first-order valence-corrected chi connectivity index (χ1v) is 8.08. The number of phenolic OH excluding ortho intramolecular Hbond substituents is 1. The number of aromatic hydroxyl groups is 1. The van der Waals surface area contributed by atoms with Gasteiger partial charge in [0, 0.05) is 10.6 Å². The number of halogens is 1. The average molecular weight is 317 g/mol. The van der Waals surface area contributed by atoms with E-state index in [2.05, 4.69) is 12.1 Å². The molecule has 116 valence electrons. The molecule has 2 aromatic carbocycles. The zero-order valence-corrected chi connectivity index (χ0v) is 13.4. The lowest BCUT2D eigenvalue weighted by molar-refractivity contribution is 0.112. The molecule has 3 heteroatoms. The van der Waals surface area contributed by atoms with Gasteiger partial charge in [0.2, 0.25) is 0 Å². The fourth-order valence-corrected chi connectivity index (χ4v) is 2.70. The molecule has 0 heterocycles. The summed E-state index contributed by atoms with van der Waals surface area (Å²) in [4.78, 5) is 10.8. The summed E-state index contributed by atoms with van der Waals surface area (Å²) in [6, 6.07) is 13.1. The fourth-order valence-electron chi connectivity index (χ4n) is 2.58. The predicted octanol–water partition coefficient (Wildman–Crippen LogP) is 5.20. The number of aldehydes is 1. The van der Waals surface area contributed by atoms with E-state index in [1.54, 1.807) is 6.07 Å². The Kier molecular flexibility index (Phi) is 6.47. The number of rotatable bonds is 8. The van der Waals surface area contributed by atoms with Crippen molar-refractivity contribution in [1.82, 2.24) is 0 Å². The number of hydrogen-bond acceptors (Lipinski definition) is 2. The lowest BCUT2D eigenvalue weighted by Gasteiger charge is -2.05. The van der Waals surface area contributed by atoms with Crippen molar-refractivity contribution in [2.75, 3.05) is 0 Å². The molecule has 0 radical (unpaired) electrons. The summed E-state index contributed by atoms with van der Waals surface area (Å²) in [5, 5.41) is 10.3. The maximum atomic E-state index is 10.8. The van der Waals surface area contributed by atoms with E-state index >= 15 is 0 Å². The summed E-state index contributed by atoms with van der Waals surface area (Å²) >= 11 is 5.87. The highest BCUT2D eigenvalue weighted by Gasteiger charge is 2.00. The van der Waals surface area contributed by atoms with Gasteiger partial charge in [-0.25, -0.2) is 0 Å².